The van der Waals surface area contributed by atoms with E-state index in [9.17, 15) is 13.2 Å². The van der Waals surface area contributed by atoms with Crippen LogP contribution in [0.25, 0.3) is 0 Å². The first-order chi connectivity index (χ1) is 9.52. The van der Waals surface area contributed by atoms with Crippen molar-refractivity contribution in [3.05, 3.63) is 0 Å². The fourth-order valence-electron chi connectivity index (χ4n) is 2.08. The molecule has 0 spiro atoms. The smallest absolute Gasteiger partial charge is 0.267 e. The molecule has 0 unspecified atom stereocenters. The minimum Gasteiger partial charge on any atom is -0.300 e. The highest BCUT2D eigenvalue weighted by Crippen LogP contribution is 2.11. The molecule has 120 valence electrons. The number of hydrogen-bond acceptors (Lipinski definition) is 4. The molecule has 0 atom stereocenters. The van der Waals surface area contributed by atoms with Gasteiger partial charge < -0.3 is 0 Å². The lowest BCUT2D eigenvalue weighted by Gasteiger charge is -2.03. The van der Waals surface area contributed by atoms with Gasteiger partial charge in [0, 0.05) is 12.8 Å². The molecule has 0 aliphatic carbocycles. The summed E-state index contributed by atoms with van der Waals surface area (Å²) in [6.45, 7) is 2.22. The molecule has 0 fully saturated rings. The highest BCUT2D eigenvalue weighted by atomic mass is 32.2. The fraction of sp³-hybridized carbons (Fsp3) is 0.933. The van der Waals surface area contributed by atoms with Crippen molar-refractivity contribution in [3.8, 4) is 0 Å². The minimum absolute atomic E-state index is 0.0218. The van der Waals surface area contributed by atoms with Crippen LogP contribution in [0.3, 0.4) is 0 Å². The molecule has 0 aliphatic heterocycles. The maximum absolute atomic E-state index is 11.5. The van der Waals surface area contributed by atoms with Gasteiger partial charge in [0.25, 0.3) is 10.1 Å². The fourth-order valence-corrected chi connectivity index (χ4v) is 2.72. The molecule has 0 amide bonds. The molecule has 0 saturated heterocycles. The quantitative estimate of drug-likeness (QED) is 0.361. The number of carbonyl (C=O) groups is 1. The molecular formula is C15H30O4S. The molecule has 0 saturated carbocycles. The van der Waals surface area contributed by atoms with Crippen molar-refractivity contribution < 1.29 is 17.4 Å². The van der Waals surface area contributed by atoms with Gasteiger partial charge in [-0.05, 0) is 6.42 Å². The monoisotopic (exact) mass is 306 g/mol. The Kier molecular flexibility index (Phi) is 12.1. The van der Waals surface area contributed by atoms with Crippen LogP contribution >= 0.6 is 0 Å². The first-order valence-electron chi connectivity index (χ1n) is 7.82. The molecule has 0 N–H and O–H groups in total. The largest absolute Gasteiger partial charge is 0.300 e. The summed E-state index contributed by atoms with van der Waals surface area (Å²) < 4.78 is 26.4. The van der Waals surface area contributed by atoms with E-state index in [4.69, 9.17) is 0 Å². The average Bonchev–Trinajstić information content (AvgIpc) is 2.43. The number of Topliss-reactive ketones (excluding diaryl/α,β-unsaturated/α-hetero) is 1. The zero-order valence-electron chi connectivity index (χ0n) is 13.0. The summed E-state index contributed by atoms with van der Waals surface area (Å²) in [6, 6.07) is 0. The third-order valence-electron chi connectivity index (χ3n) is 3.44. The van der Waals surface area contributed by atoms with Gasteiger partial charge in [0.05, 0.1) is 12.9 Å². The molecule has 5 heteroatoms. The van der Waals surface area contributed by atoms with Crippen LogP contribution in [0.15, 0.2) is 0 Å². The molecular weight excluding hydrogens is 276 g/mol. The van der Waals surface area contributed by atoms with E-state index in [2.05, 4.69) is 11.1 Å². The number of hydrogen-bond donors (Lipinski definition) is 0. The van der Waals surface area contributed by atoms with Crippen LogP contribution in [0, 0.1) is 0 Å². The third-order valence-corrected chi connectivity index (χ3v) is 4.66. The summed E-state index contributed by atoms with van der Waals surface area (Å²) in [4.78, 5) is 11.5. The van der Waals surface area contributed by atoms with E-state index >= 15 is 0 Å². The first kappa shape index (κ1) is 19.6. The van der Waals surface area contributed by atoms with Crippen molar-refractivity contribution >= 4 is 15.9 Å². The van der Waals surface area contributed by atoms with E-state index < -0.39 is 10.1 Å². The molecule has 0 aromatic heterocycles. The van der Waals surface area contributed by atoms with E-state index in [1.54, 1.807) is 0 Å². The van der Waals surface area contributed by atoms with E-state index in [1.807, 2.05) is 0 Å². The number of carbonyl (C=O) groups excluding carboxylic acids is 1. The van der Waals surface area contributed by atoms with Gasteiger partial charge in [-0.2, -0.15) is 8.42 Å². The van der Waals surface area contributed by atoms with E-state index in [0.717, 1.165) is 20.0 Å². The highest BCUT2D eigenvalue weighted by molar-refractivity contribution is 7.86. The Hall–Kier alpha value is -0.420. The Morgan fingerprint density at radius 1 is 0.850 bits per heavy atom. The van der Waals surface area contributed by atoms with Gasteiger partial charge in [-0.1, -0.05) is 58.3 Å². The standard InChI is InChI=1S/C15H30O4S/c1-3-4-5-6-7-8-9-10-11-12-15(16)13-14-20(17,18)19-2/h3-14H2,1-2H3. The molecule has 0 bridgehead atoms. The second-order valence-electron chi connectivity index (χ2n) is 5.30. The number of unbranched alkanes of at least 4 members (excludes halogenated alkanes) is 8. The lowest BCUT2D eigenvalue weighted by atomic mass is 10.1. The lowest BCUT2D eigenvalue weighted by Crippen LogP contribution is -2.12. The maximum Gasteiger partial charge on any atom is 0.267 e. The second-order valence-corrected chi connectivity index (χ2v) is 7.15. The highest BCUT2D eigenvalue weighted by Gasteiger charge is 2.11. The molecule has 0 aromatic rings. The van der Waals surface area contributed by atoms with Gasteiger partial charge in [-0.3, -0.25) is 8.98 Å². The zero-order valence-corrected chi connectivity index (χ0v) is 13.8. The maximum atomic E-state index is 11.5. The topological polar surface area (TPSA) is 60.4 Å². The van der Waals surface area contributed by atoms with Gasteiger partial charge in [-0.25, -0.2) is 0 Å². The molecule has 4 nitrogen and oxygen atoms in total. The van der Waals surface area contributed by atoms with Crippen LogP contribution in [0.1, 0.15) is 77.6 Å². The van der Waals surface area contributed by atoms with Crippen LogP contribution in [0.4, 0.5) is 0 Å². The lowest BCUT2D eigenvalue weighted by molar-refractivity contribution is -0.118. The van der Waals surface area contributed by atoms with Crippen molar-refractivity contribution in [3.63, 3.8) is 0 Å². The number of ketones is 1. The van der Waals surface area contributed by atoms with Crippen LogP contribution in [0.5, 0.6) is 0 Å². The van der Waals surface area contributed by atoms with Crippen LogP contribution < -0.4 is 0 Å². The molecule has 0 aromatic carbocycles. The SMILES string of the molecule is CCCCCCCCCCCC(=O)CCS(=O)(=O)OC. The summed E-state index contributed by atoms with van der Waals surface area (Å²) >= 11 is 0. The van der Waals surface area contributed by atoms with Crippen LogP contribution in [-0.2, 0) is 19.1 Å². The summed E-state index contributed by atoms with van der Waals surface area (Å²) in [5.74, 6) is -0.173. The van der Waals surface area contributed by atoms with Gasteiger partial charge in [0.15, 0.2) is 0 Å². The van der Waals surface area contributed by atoms with Crippen molar-refractivity contribution in [2.24, 2.45) is 0 Å². The average molecular weight is 306 g/mol. The molecule has 20 heavy (non-hydrogen) atoms. The predicted molar refractivity (Wildman–Crippen MR) is 82.3 cm³/mol. The Morgan fingerprint density at radius 3 is 1.85 bits per heavy atom. The van der Waals surface area contributed by atoms with Crippen molar-refractivity contribution in [1.29, 1.82) is 0 Å². The summed E-state index contributed by atoms with van der Waals surface area (Å²) in [5.41, 5.74) is 0. The van der Waals surface area contributed by atoms with Gasteiger partial charge in [0.2, 0.25) is 0 Å². The van der Waals surface area contributed by atoms with E-state index in [0.29, 0.717) is 6.42 Å². The van der Waals surface area contributed by atoms with Gasteiger partial charge >= 0.3 is 0 Å². The van der Waals surface area contributed by atoms with Crippen molar-refractivity contribution in [2.45, 2.75) is 77.6 Å². The van der Waals surface area contributed by atoms with E-state index in [-0.39, 0.29) is 18.0 Å². The Labute approximate surface area is 124 Å². The minimum atomic E-state index is -3.49. The van der Waals surface area contributed by atoms with Crippen molar-refractivity contribution in [2.75, 3.05) is 12.9 Å². The Morgan fingerprint density at radius 2 is 1.35 bits per heavy atom. The molecule has 0 radical (unpaired) electrons. The zero-order chi connectivity index (χ0) is 15.3. The third kappa shape index (κ3) is 12.6. The predicted octanol–water partition coefficient (Wildman–Crippen LogP) is 3.84. The number of rotatable bonds is 14. The van der Waals surface area contributed by atoms with Gasteiger partial charge in [0.1, 0.15) is 5.78 Å². The van der Waals surface area contributed by atoms with Crippen LogP contribution in [-0.4, -0.2) is 27.1 Å². The Balaban J connectivity index is 3.36. The van der Waals surface area contributed by atoms with Crippen LogP contribution in [0.2, 0.25) is 0 Å². The normalized spacial score (nSPS) is 11.7. The van der Waals surface area contributed by atoms with Gasteiger partial charge in [-0.15, -0.1) is 0 Å². The summed E-state index contributed by atoms with van der Waals surface area (Å²) in [7, 11) is -2.36. The molecule has 0 rings (SSSR count). The summed E-state index contributed by atoms with van der Waals surface area (Å²) in [6.07, 6.45) is 11.5. The molecule has 0 heterocycles. The van der Waals surface area contributed by atoms with Crippen molar-refractivity contribution in [1.82, 2.24) is 0 Å². The molecule has 0 aliphatic rings. The first-order valence-corrected chi connectivity index (χ1v) is 9.39. The second kappa shape index (κ2) is 12.3. The summed E-state index contributed by atoms with van der Waals surface area (Å²) in [5, 5.41) is 0. The van der Waals surface area contributed by atoms with E-state index in [1.165, 1.54) is 44.9 Å². The Bertz CT molecular complexity index is 336.